The van der Waals surface area contributed by atoms with Gasteiger partial charge in [0.15, 0.2) is 11.5 Å². The molecule has 0 saturated heterocycles. The Balaban J connectivity index is 0.000000209. The molecule has 0 spiro atoms. The minimum absolute atomic E-state index is 0.00275. The number of hydrogen-bond acceptors (Lipinski definition) is 8. The van der Waals surface area contributed by atoms with Crippen LogP contribution in [0, 0.1) is 0 Å². The molecule has 0 aliphatic heterocycles. The number of ether oxygens (including phenoxy) is 5. The van der Waals surface area contributed by atoms with Crippen molar-refractivity contribution in [2.75, 3.05) is 40.8 Å². The molecular formula is C36H39N3O7. The highest BCUT2D eigenvalue weighted by Gasteiger charge is 2.29. The predicted octanol–water partition coefficient (Wildman–Crippen LogP) is 5.87. The van der Waals surface area contributed by atoms with Crippen molar-refractivity contribution in [1.29, 1.82) is 0 Å². The lowest BCUT2D eigenvalue weighted by atomic mass is 9.98. The van der Waals surface area contributed by atoms with Crippen molar-refractivity contribution in [2.45, 2.75) is 18.9 Å². The van der Waals surface area contributed by atoms with Crippen molar-refractivity contribution in [3.8, 4) is 34.1 Å². The molecule has 46 heavy (non-hydrogen) atoms. The molecule has 0 unspecified atom stereocenters. The number of fused-ring (bicyclic) bond motifs is 3. The van der Waals surface area contributed by atoms with E-state index in [1.807, 2.05) is 78.9 Å². The van der Waals surface area contributed by atoms with Crippen LogP contribution in [0.5, 0.6) is 23.0 Å². The number of rotatable bonds is 10. The molecule has 1 atom stereocenters. The van der Waals surface area contributed by atoms with Gasteiger partial charge in [-0.05, 0) is 64.6 Å². The van der Waals surface area contributed by atoms with E-state index in [4.69, 9.17) is 35.2 Å². The van der Waals surface area contributed by atoms with Crippen LogP contribution >= 0.6 is 0 Å². The number of methoxy groups -OCH3 is 4. The van der Waals surface area contributed by atoms with E-state index in [-0.39, 0.29) is 12.5 Å². The molecule has 4 aromatic carbocycles. The van der Waals surface area contributed by atoms with Gasteiger partial charge in [-0.1, -0.05) is 66.7 Å². The number of carbonyl (C=O) groups is 2. The Labute approximate surface area is 268 Å². The zero-order chi connectivity index (χ0) is 33.2. The average Bonchev–Trinajstić information content (AvgIpc) is 3.39. The molecule has 0 fully saturated rings. The van der Waals surface area contributed by atoms with Crippen LogP contribution in [-0.2, 0) is 9.53 Å². The van der Waals surface area contributed by atoms with Crippen LogP contribution < -0.4 is 35.7 Å². The number of nitrogens with one attached hydrogen (secondary N) is 1. The summed E-state index contributed by atoms with van der Waals surface area (Å²) in [5.74, 6) is 1.85. The third kappa shape index (κ3) is 7.71. The fourth-order valence-corrected chi connectivity index (χ4v) is 5.13. The number of alkyl carbamates (subject to hydrolysis) is 1. The van der Waals surface area contributed by atoms with Crippen LogP contribution in [0.1, 0.15) is 35.1 Å². The maximum Gasteiger partial charge on any atom is 0.407 e. The van der Waals surface area contributed by atoms with Gasteiger partial charge in [0.1, 0.15) is 18.4 Å². The highest BCUT2D eigenvalue weighted by atomic mass is 16.5. The molecule has 1 aliphatic carbocycles. The normalized spacial score (nSPS) is 12.2. The lowest BCUT2D eigenvalue weighted by Crippen LogP contribution is -2.42. The summed E-state index contributed by atoms with van der Waals surface area (Å²) >= 11 is 0. The summed E-state index contributed by atoms with van der Waals surface area (Å²) in [4.78, 5) is 22.8. The van der Waals surface area contributed by atoms with Crippen LogP contribution in [0.15, 0.2) is 78.9 Å². The summed E-state index contributed by atoms with van der Waals surface area (Å²) in [7, 11) is 6.36. The summed E-state index contributed by atoms with van der Waals surface area (Å²) in [6.07, 6.45) is 3.26. The van der Waals surface area contributed by atoms with Gasteiger partial charge < -0.3 is 40.5 Å². The van der Waals surface area contributed by atoms with E-state index in [1.54, 1.807) is 28.4 Å². The van der Waals surface area contributed by atoms with Gasteiger partial charge in [-0.2, -0.15) is 0 Å². The van der Waals surface area contributed by atoms with Crippen molar-refractivity contribution < 1.29 is 33.3 Å². The highest BCUT2D eigenvalue weighted by Crippen LogP contribution is 2.44. The number of nitrogen functional groups attached to an aromatic ring is 1. The summed E-state index contributed by atoms with van der Waals surface area (Å²) < 4.78 is 26.5. The van der Waals surface area contributed by atoms with E-state index < -0.39 is 18.0 Å². The Morgan fingerprint density at radius 2 is 1.30 bits per heavy atom. The molecule has 2 amide bonds. The van der Waals surface area contributed by atoms with E-state index in [0.29, 0.717) is 28.7 Å². The van der Waals surface area contributed by atoms with Gasteiger partial charge in [0.05, 0.1) is 34.1 Å². The number of nitrogens with two attached hydrogens (primary N) is 2. The van der Waals surface area contributed by atoms with Gasteiger partial charge in [-0.3, -0.25) is 4.79 Å². The molecule has 10 nitrogen and oxygen atoms in total. The SMILES string of the molecule is COc1ccc(C=Cc2cc(OC)c(OC)c(OC)c2)cc1N.C[C@H](NC(=O)OCC1c2ccccc2-c2ccccc21)C(N)=O. The van der Waals surface area contributed by atoms with Crippen molar-refractivity contribution in [1.82, 2.24) is 5.32 Å². The molecule has 0 bridgehead atoms. The zero-order valence-corrected chi connectivity index (χ0v) is 26.5. The van der Waals surface area contributed by atoms with Crippen LogP contribution in [0.3, 0.4) is 0 Å². The van der Waals surface area contributed by atoms with E-state index in [2.05, 4.69) is 17.4 Å². The van der Waals surface area contributed by atoms with Crippen molar-refractivity contribution in [2.24, 2.45) is 5.73 Å². The lowest BCUT2D eigenvalue weighted by molar-refractivity contribution is -0.119. The van der Waals surface area contributed by atoms with Crippen LogP contribution in [0.2, 0.25) is 0 Å². The van der Waals surface area contributed by atoms with Crippen LogP contribution in [-0.4, -0.2) is 53.1 Å². The zero-order valence-electron chi connectivity index (χ0n) is 26.5. The first kappa shape index (κ1) is 33.3. The predicted molar refractivity (Wildman–Crippen MR) is 179 cm³/mol. The van der Waals surface area contributed by atoms with E-state index >= 15 is 0 Å². The topological polar surface area (TPSA) is 144 Å². The van der Waals surface area contributed by atoms with Gasteiger partial charge in [-0.25, -0.2) is 4.79 Å². The lowest BCUT2D eigenvalue weighted by Gasteiger charge is -2.15. The van der Waals surface area contributed by atoms with Gasteiger partial charge in [0.25, 0.3) is 0 Å². The number of carbonyl (C=O) groups excluding carboxylic acids is 2. The molecule has 0 radical (unpaired) electrons. The number of primary amides is 1. The van der Waals surface area contributed by atoms with Gasteiger partial charge in [-0.15, -0.1) is 0 Å². The van der Waals surface area contributed by atoms with Crippen molar-refractivity contribution in [3.05, 3.63) is 101 Å². The van der Waals surface area contributed by atoms with E-state index in [0.717, 1.165) is 22.3 Å². The molecule has 10 heteroatoms. The van der Waals surface area contributed by atoms with E-state index in [1.165, 1.54) is 18.1 Å². The maximum absolute atomic E-state index is 11.8. The molecule has 5 rings (SSSR count). The maximum atomic E-state index is 11.8. The Kier molecular flexibility index (Phi) is 11.1. The highest BCUT2D eigenvalue weighted by molar-refractivity contribution is 5.84. The van der Waals surface area contributed by atoms with Crippen LogP contribution in [0.4, 0.5) is 10.5 Å². The molecule has 1 aliphatic rings. The molecular weight excluding hydrogens is 586 g/mol. The van der Waals surface area contributed by atoms with Gasteiger partial charge in [0, 0.05) is 5.92 Å². The quantitative estimate of drug-likeness (QED) is 0.147. The Hall–Kier alpha value is -5.64. The summed E-state index contributed by atoms with van der Waals surface area (Å²) in [6.45, 7) is 1.73. The first-order valence-corrected chi connectivity index (χ1v) is 14.5. The molecule has 240 valence electrons. The minimum atomic E-state index is -0.759. The third-order valence-corrected chi connectivity index (χ3v) is 7.51. The van der Waals surface area contributed by atoms with Crippen molar-refractivity contribution in [3.63, 3.8) is 0 Å². The van der Waals surface area contributed by atoms with E-state index in [9.17, 15) is 9.59 Å². The molecule has 4 aromatic rings. The summed E-state index contributed by atoms with van der Waals surface area (Å²) in [5.41, 5.74) is 18.1. The Morgan fingerprint density at radius 1 is 0.761 bits per heavy atom. The minimum Gasteiger partial charge on any atom is -0.495 e. The summed E-state index contributed by atoms with van der Waals surface area (Å²) in [5, 5.41) is 2.42. The molecule has 0 aromatic heterocycles. The second-order valence-electron chi connectivity index (χ2n) is 10.4. The smallest absolute Gasteiger partial charge is 0.407 e. The largest absolute Gasteiger partial charge is 0.495 e. The Bertz CT molecular complexity index is 1650. The monoisotopic (exact) mass is 625 g/mol. The second kappa shape index (κ2) is 15.4. The first-order valence-electron chi connectivity index (χ1n) is 14.5. The summed E-state index contributed by atoms with van der Waals surface area (Å²) in [6, 6.07) is 24.8. The standard InChI is InChI=1S/C18H18N2O3.C18H21NO4/c1-11(17(19)21)20-18(22)23-10-16-14-8-4-2-6-12(14)13-7-3-5-9-15(13)16;1-20-15-8-7-12(9-14(15)19)5-6-13-10-16(21-2)18(23-4)17(11-13)22-3/h2-9,11,16H,10H2,1H3,(H2,19,21)(H,20,22);5-11H,19H2,1-4H3/t11-;/m0./s1. The van der Waals surface area contributed by atoms with Gasteiger partial charge >= 0.3 is 6.09 Å². The number of anilines is 1. The van der Waals surface area contributed by atoms with Gasteiger partial charge in [0.2, 0.25) is 11.7 Å². The fraction of sp³-hybridized carbons (Fsp3) is 0.222. The number of amides is 2. The number of benzene rings is 4. The number of hydrogen-bond donors (Lipinski definition) is 3. The van der Waals surface area contributed by atoms with Crippen molar-refractivity contribution >= 4 is 29.8 Å². The molecule has 0 heterocycles. The van der Waals surface area contributed by atoms with Crippen LogP contribution in [0.25, 0.3) is 23.3 Å². The Morgan fingerprint density at radius 3 is 1.80 bits per heavy atom. The molecule has 0 saturated carbocycles. The average molecular weight is 626 g/mol. The fourth-order valence-electron chi connectivity index (χ4n) is 5.13. The third-order valence-electron chi connectivity index (χ3n) is 7.51. The molecule has 5 N–H and O–H groups in total. The first-order chi connectivity index (χ1) is 22.2. The second-order valence-corrected chi connectivity index (χ2v) is 10.4.